The van der Waals surface area contributed by atoms with Crippen LogP contribution in [0.4, 0.5) is 5.69 Å². The summed E-state index contributed by atoms with van der Waals surface area (Å²) >= 11 is 5.30. The normalized spacial score (nSPS) is 9.58. The van der Waals surface area contributed by atoms with Crippen LogP contribution in [0.2, 0.25) is 0 Å². The van der Waals surface area contributed by atoms with Crippen molar-refractivity contribution >= 4 is 35.7 Å². The van der Waals surface area contributed by atoms with Gasteiger partial charge < -0.3 is 9.62 Å². The molecule has 0 aromatic carbocycles. The molecule has 0 aliphatic carbocycles. The molecule has 66 valence electrons. The molecule has 3 nitrogen and oxygen atoms in total. The highest BCUT2D eigenvalue weighted by Gasteiger charge is 2.13. The lowest BCUT2D eigenvalue weighted by Crippen LogP contribution is -2.21. The van der Waals surface area contributed by atoms with E-state index in [0.717, 1.165) is 5.69 Å². The molecule has 0 radical (unpaired) electrons. The molecule has 0 aliphatic rings. The van der Waals surface area contributed by atoms with Gasteiger partial charge in [-0.2, -0.15) is 0 Å². The number of thiol groups is 1. The monoisotopic (exact) mass is 202 g/mol. The highest BCUT2D eigenvalue weighted by Crippen LogP contribution is 2.23. The Hall–Kier alpha value is -0.680. The number of amides is 1. The van der Waals surface area contributed by atoms with Crippen LogP contribution >= 0.6 is 24.2 Å². The van der Waals surface area contributed by atoms with Gasteiger partial charge in [0.15, 0.2) is 0 Å². The third-order valence-electron chi connectivity index (χ3n) is 1.39. The van der Waals surface area contributed by atoms with Crippen LogP contribution in [0.1, 0.15) is 9.67 Å². The fraction of sp³-hybridized carbons (Fsp3) is 0.286. The van der Waals surface area contributed by atoms with Gasteiger partial charge in [0.2, 0.25) is 0 Å². The first-order valence-electron chi connectivity index (χ1n) is 3.36. The Bertz CT molecular complexity index is 283. The molecule has 1 heterocycles. The number of hydrogen-bond acceptors (Lipinski definition) is 4. The molecule has 1 aromatic rings. The largest absolute Gasteiger partial charge is 0.344 e. The second-order valence-corrected chi connectivity index (χ2v) is 3.61. The summed E-state index contributed by atoms with van der Waals surface area (Å²) in [5, 5.41) is 1.86. The molecule has 12 heavy (non-hydrogen) atoms. The Balaban J connectivity index is 2.94. The SMILES string of the molecule is CN(C)C(=O)c1sccc1NS. The highest BCUT2D eigenvalue weighted by atomic mass is 32.1. The summed E-state index contributed by atoms with van der Waals surface area (Å²) in [4.78, 5) is 13.7. The summed E-state index contributed by atoms with van der Waals surface area (Å²) in [7, 11) is 3.45. The van der Waals surface area contributed by atoms with Gasteiger partial charge in [0.05, 0.1) is 5.69 Å². The zero-order valence-corrected chi connectivity index (χ0v) is 8.58. The van der Waals surface area contributed by atoms with Gasteiger partial charge in [0.25, 0.3) is 5.91 Å². The highest BCUT2D eigenvalue weighted by molar-refractivity contribution is 7.81. The Kier molecular flexibility index (Phi) is 2.99. The first-order valence-corrected chi connectivity index (χ1v) is 4.68. The fourth-order valence-electron chi connectivity index (χ4n) is 0.766. The quantitative estimate of drug-likeness (QED) is 0.716. The average molecular weight is 202 g/mol. The van der Waals surface area contributed by atoms with E-state index in [-0.39, 0.29) is 5.91 Å². The number of carbonyl (C=O) groups is 1. The van der Waals surface area contributed by atoms with E-state index in [0.29, 0.717) is 4.88 Å². The van der Waals surface area contributed by atoms with E-state index >= 15 is 0 Å². The molecule has 1 rings (SSSR count). The zero-order valence-electron chi connectivity index (χ0n) is 6.87. The average Bonchev–Trinajstić information content (AvgIpc) is 2.49. The molecule has 0 saturated carbocycles. The van der Waals surface area contributed by atoms with E-state index in [1.165, 1.54) is 11.3 Å². The number of nitrogens with one attached hydrogen (secondary N) is 1. The van der Waals surface area contributed by atoms with Crippen molar-refractivity contribution in [2.24, 2.45) is 0 Å². The fourth-order valence-corrected chi connectivity index (χ4v) is 1.90. The van der Waals surface area contributed by atoms with Crippen LogP contribution in [0.25, 0.3) is 0 Å². The van der Waals surface area contributed by atoms with Crippen molar-refractivity contribution in [1.29, 1.82) is 0 Å². The molecular formula is C7H10N2OS2. The Morgan fingerprint density at radius 2 is 2.33 bits per heavy atom. The third-order valence-corrected chi connectivity index (χ3v) is 2.53. The van der Waals surface area contributed by atoms with Gasteiger partial charge in [0.1, 0.15) is 4.88 Å². The van der Waals surface area contributed by atoms with Crippen molar-refractivity contribution in [3.8, 4) is 0 Å². The van der Waals surface area contributed by atoms with Gasteiger partial charge in [-0.25, -0.2) is 0 Å². The van der Waals surface area contributed by atoms with Crippen molar-refractivity contribution in [1.82, 2.24) is 4.90 Å². The number of rotatable bonds is 2. The van der Waals surface area contributed by atoms with Crippen molar-refractivity contribution < 1.29 is 4.79 Å². The van der Waals surface area contributed by atoms with Crippen LogP contribution in [0.3, 0.4) is 0 Å². The number of hydrogen-bond donors (Lipinski definition) is 2. The van der Waals surface area contributed by atoms with Crippen molar-refractivity contribution in [2.45, 2.75) is 0 Å². The van der Waals surface area contributed by atoms with Gasteiger partial charge in [-0.1, -0.05) is 12.8 Å². The first kappa shape index (κ1) is 9.41. The van der Waals surface area contributed by atoms with Crippen molar-refractivity contribution in [3.63, 3.8) is 0 Å². The van der Waals surface area contributed by atoms with Crippen LogP contribution < -0.4 is 4.72 Å². The molecule has 0 fully saturated rings. The number of carbonyl (C=O) groups excluding carboxylic acids is 1. The first-order chi connectivity index (χ1) is 5.66. The van der Waals surface area contributed by atoms with Gasteiger partial charge in [-0.3, -0.25) is 4.79 Å². The maximum atomic E-state index is 11.4. The molecule has 0 spiro atoms. The molecule has 0 saturated heterocycles. The van der Waals surface area contributed by atoms with Gasteiger partial charge >= 0.3 is 0 Å². The summed E-state index contributed by atoms with van der Waals surface area (Å²) in [6, 6.07) is 1.83. The van der Waals surface area contributed by atoms with Crippen LogP contribution in [0.15, 0.2) is 11.4 Å². The lowest BCUT2D eigenvalue weighted by Gasteiger charge is -2.09. The standard InChI is InChI=1S/C7H10N2OS2/c1-9(2)7(10)6-5(8-11)3-4-12-6/h3-4,8,11H,1-2H3. The minimum Gasteiger partial charge on any atom is -0.344 e. The topological polar surface area (TPSA) is 32.3 Å². The number of thiophene rings is 1. The lowest BCUT2D eigenvalue weighted by atomic mass is 10.4. The van der Waals surface area contributed by atoms with Crippen LogP contribution in [0.5, 0.6) is 0 Å². The van der Waals surface area contributed by atoms with Crippen LogP contribution in [0, 0.1) is 0 Å². The van der Waals surface area contributed by atoms with E-state index in [1.54, 1.807) is 19.0 Å². The number of nitrogens with zero attached hydrogens (tertiary/aromatic N) is 1. The summed E-state index contributed by atoms with van der Waals surface area (Å²) < 4.78 is 2.67. The minimum absolute atomic E-state index is 0.00144. The minimum atomic E-state index is 0.00144. The lowest BCUT2D eigenvalue weighted by molar-refractivity contribution is 0.0833. The van der Waals surface area contributed by atoms with E-state index in [1.807, 2.05) is 11.4 Å². The van der Waals surface area contributed by atoms with Gasteiger partial charge in [-0.05, 0) is 11.4 Å². The summed E-state index contributed by atoms with van der Waals surface area (Å²) in [6.07, 6.45) is 0. The Morgan fingerprint density at radius 1 is 1.67 bits per heavy atom. The van der Waals surface area contributed by atoms with Crippen molar-refractivity contribution in [3.05, 3.63) is 16.3 Å². The molecule has 1 N–H and O–H groups in total. The molecule has 0 unspecified atom stereocenters. The second kappa shape index (κ2) is 3.82. The van der Waals surface area contributed by atoms with E-state index in [2.05, 4.69) is 17.5 Å². The zero-order chi connectivity index (χ0) is 9.14. The molecule has 0 atom stereocenters. The van der Waals surface area contributed by atoms with E-state index in [9.17, 15) is 4.79 Å². The van der Waals surface area contributed by atoms with Crippen molar-refractivity contribution in [2.75, 3.05) is 18.8 Å². The predicted molar refractivity (Wildman–Crippen MR) is 54.9 cm³/mol. The Morgan fingerprint density at radius 3 is 2.83 bits per heavy atom. The maximum absolute atomic E-state index is 11.4. The molecule has 1 aromatic heterocycles. The third kappa shape index (κ3) is 1.73. The van der Waals surface area contributed by atoms with Gasteiger partial charge in [-0.15, -0.1) is 11.3 Å². The molecule has 1 amide bonds. The molecule has 0 bridgehead atoms. The van der Waals surface area contributed by atoms with E-state index in [4.69, 9.17) is 0 Å². The number of anilines is 1. The second-order valence-electron chi connectivity index (χ2n) is 2.47. The summed E-state index contributed by atoms with van der Waals surface area (Å²) in [5.74, 6) is 0.00144. The van der Waals surface area contributed by atoms with Crippen LogP contribution in [-0.4, -0.2) is 24.9 Å². The maximum Gasteiger partial charge on any atom is 0.265 e. The Labute approximate surface area is 80.9 Å². The molecule has 5 heteroatoms. The molecule has 0 aliphatic heterocycles. The molecular weight excluding hydrogens is 192 g/mol. The predicted octanol–water partition coefficient (Wildman–Crippen LogP) is 1.71. The summed E-state index contributed by atoms with van der Waals surface area (Å²) in [6.45, 7) is 0. The van der Waals surface area contributed by atoms with Gasteiger partial charge in [0, 0.05) is 14.1 Å². The van der Waals surface area contributed by atoms with E-state index < -0.39 is 0 Å². The van der Waals surface area contributed by atoms with Crippen LogP contribution in [-0.2, 0) is 0 Å². The summed E-state index contributed by atoms with van der Waals surface area (Å²) in [5.41, 5.74) is 0.766. The smallest absolute Gasteiger partial charge is 0.265 e.